The largest absolute Gasteiger partial charge is 0.381 e. The van der Waals surface area contributed by atoms with Crippen LogP contribution in [0.2, 0.25) is 0 Å². The van der Waals surface area contributed by atoms with Crippen LogP contribution in [-0.4, -0.2) is 44.3 Å². The summed E-state index contributed by atoms with van der Waals surface area (Å²) in [6.45, 7) is 12.9. The van der Waals surface area contributed by atoms with Crippen molar-refractivity contribution in [2.75, 3.05) is 39.4 Å². The summed E-state index contributed by atoms with van der Waals surface area (Å²) < 4.78 is 5.47. The van der Waals surface area contributed by atoms with Crippen molar-refractivity contribution in [3.63, 3.8) is 0 Å². The van der Waals surface area contributed by atoms with Gasteiger partial charge >= 0.3 is 0 Å². The van der Waals surface area contributed by atoms with Crippen LogP contribution in [0.5, 0.6) is 0 Å². The highest BCUT2D eigenvalue weighted by molar-refractivity contribution is 4.86. The molecule has 0 amide bonds. The molecule has 3 heteroatoms. The molecular weight excluding hydrogens is 212 g/mol. The summed E-state index contributed by atoms with van der Waals surface area (Å²) in [7, 11) is 0. The van der Waals surface area contributed by atoms with Gasteiger partial charge in [-0.3, -0.25) is 0 Å². The fourth-order valence-corrected chi connectivity index (χ4v) is 2.58. The Hall–Kier alpha value is -0.120. The van der Waals surface area contributed by atoms with E-state index in [1.54, 1.807) is 0 Å². The molecule has 0 aromatic carbocycles. The van der Waals surface area contributed by atoms with Gasteiger partial charge in [0.15, 0.2) is 0 Å². The first kappa shape index (κ1) is 14.9. The van der Waals surface area contributed by atoms with E-state index in [1.165, 1.54) is 13.0 Å². The Morgan fingerprint density at radius 2 is 1.94 bits per heavy atom. The first-order chi connectivity index (χ1) is 8.15. The smallest absolute Gasteiger partial charge is 0.0472 e. The summed E-state index contributed by atoms with van der Waals surface area (Å²) in [5.74, 6) is 0.782. The molecule has 1 unspecified atom stereocenters. The fourth-order valence-electron chi connectivity index (χ4n) is 2.58. The molecule has 102 valence electrons. The molecule has 1 heterocycles. The van der Waals surface area contributed by atoms with Crippen LogP contribution in [0.4, 0.5) is 0 Å². The predicted octanol–water partition coefficient (Wildman–Crippen LogP) is 2.11. The Morgan fingerprint density at radius 1 is 1.29 bits per heavy atom. The van der Waals surface area contributed by atoms with Gasteiger partial charge in [-0.15, -0.1) is 0 Å². The average Bonchev–Trinajstić information content (AvgIpc) is 2.38. The maximum absolute atomic E-state index is 6.02. The highest BCUT2D eigenvalue weighted by Gasteiger charge is 2.32. The lowest BCUT2D eigenvalue weighted by Crippen LogP contribution is -2.47. The van der Waals surface area contributed by atoms with Gasteiger partial charge in [-0.25, -0.2) is 0 Å². The van der Waals surface area contributed by atoms with Gasteiger partial charge in [0.2, 0.25) is 0 Å². The summed E-state index contributed by atoms with van der Waals surface area (Å²) >= 11 is 0. The second kappa shape index (κ2) is 7.34. The SMILES string of the molecule is CCC(C)CN(CC)CC1(CN)CCOCC1. The minimum Gasteiger partial charge on any atom is -0.381 e. The summed E-state index contributed by atoms with van der Waals surface area (Å²) in [6.07, 6.45) is 3.51. The summed E-state index contributed by atoms with van der Waals surface area (Å²) in [5, 5.41) is 0. The maximum Gasteiger partial charge on any atom is 0.0472 e. The zero-order valence-corrected chi connectivity index (χ0v) is 11.9. The van der Waals surface area contributed by atoms with Crippen LogP contribution in [0.25, 0.3) is 0 Å². The molecule has 0 spiro atoms. The van der Waals surface area contributed by atoms with Crippen molar-refractivity contribution in [3.8, 4) is 0 Å². The van der Waals surface area contributed by atoms with Gasteiger partial charge in [0.25, 0.3) is 0 Å². The quantitative estimate of drug-likeness (QED) is 0.743. The summed E-state index contributed by atoms with van der Waals surface area (Å²) in [4.78, 5) is 2.58. The highest BCUT2D eigenvalue weighted by Crippen LogP contribution is 2.30. The van der Waals surface area contributed by atoms with E-state index in [2.05, 4.69) is 25.7 Å². The molecule has 1 fully saturated rings. The monoisotopic (exact) mass is 242 g/mol. The van der Waals surface area contributed by atoms with E-state index in [4.69, 9.17) is 10.5 Å². The summed E-state index contributed by atoms with van der Waals surface area (Å²) in [5.41, 5.74) is 6.33. The van der Waals surface area contributed by atoms with Gasteiger partial charge < -0.3 is 15.4 Å². The number of ether oxygens (including phenoxy) is 1. The second-order valence-electron chi connectivity index (χ2n) is 5.66. The lowest BCUT2D eigenvalue weighted by Gasteiger charge is -2.40. The van der Waals surface area contributed by atoms with E-state index < -0.39 is 0 Å². The zero-order chi connectivity index (χ0) is 12.7. The summed E-state index contributed by atoms with van der Waals surface area (Å²) in [6, 6.07) is 0. The standard InChI is InChI=1S/C14H30N2O/c1-4-13(3)10-16(5-2)12-14(11-15)6-8-17-9-7-14/h13H,4-12,15H2,1-3H3. The Balaban J connectivity index is 2.51. The van der Waals surface area contributed by atoms with Crippen LogP contribution >= 0.6 is 0 Å². The van der Waals surface area contributed by atoms with Crippen LogP contribution < -0.4 is 5.73 Å². The van der Waals surface area contributed by atoms with Crippen molar-refractivity contribution in [2.45, 2.75) is 40.0 Å². The molecule has 0 aliphatic carbocycles. The van der Waals surface area contributed by atoms with E-state index in [-0.39, 0.29) is 0 Å². The molecule has 0 radical (unpaired) electrons. The van der Waals surface area contributed by atoms with Crippen LogP contribution in [0.15, 0.2) is 0 Å². The normalized spacial score (nSPS) is 21.7. The molecule has 0 bridgehead atoms. The van der Waals surface area contributed by atoms with Gasteiger partial charge in [-0.2, -0.15) is 0 Å². The minimum absolute atomic E-state index is 0.307. The first-order valence-electron chi connectivity index (χ1n) is 7.16. The van der Waals surface area contributed by atoms with E-state index in [9.17, 15) is 0 Å². The molecule has 2 N–H and O–H groups in total. The fraction of sp³-hybridized carbons (Fsp3) is 1.00. The molecule has 0 aromatic heterocycles. The van der Waals surface area contributed by atoms with Gasteiger partial charge in [0.05, 0.1) is 0 Å². The molecule has 1 rings (SSSR count). The van der Waals surface area contributed by atoms with E-state index in [0.29, 0.717) is 5.41 Å². The van der Waals surface area contributed by atoms with E-state index in [1.807, 2.05) is 0 Å². The Labute approximate surface area is 107 Å². The van der Waals surface area contributed by atoms with Gasteiger partial charge in [0.1, 0.15) is 0 Å². The van der Waals surface area contributed by atoms with Gasteiger partial charge in [-0.1, -0.05) is 27.2 Å². The number of rotatable bonds is 7. The predicted molar refractivity (Wildman–Crippen MR) is 73.1 cm³/mol. The third-order valence-electron chi connectivity index (χ3n) is 4.26. The van der Waals surface area contributed by atoms with E-state index in [0.717, 1.165) is 51.6 Å². The van der Waals surface area contributed by atoms with Crippen molar-refractivity contribution in [2.24, 2.45) is 17.1 Å². The topological polar surface area (TPSA) is 38.5 Å². The van der Waals surface area contributed by atoms with Crippen molar-refractivity contribution in [1.82, 2.24) is 4.90 Å². The highest BCUT2D eigenvalue weighted by atomic mass is 16.5. The Morgan fingerprint density at radius 3 is 2.41 bits per heavy atom. The Kier molecular flexibility index (Phi) is 6.45. The van der Waals surface area contributed by atoms with Crippen molar-refractivity contribution >= 4 is 0 Å². The molecule has 1 atom stereocenters. The number of nitrogens with zero attached hydrogens (tertiary/aromatic N) is 1. The molecule has 3 nitrogen and oxygen atoms in total. The second-order valence-corrected chi connectivity index (χ2v) is 5.66. The van der Waals surface area contributed by atoms with Gasteiger partial charge in [0, 0.05) is 26.3 Å². The average molecular weight is 242 g/mol. The molecule has 0 saturated carbocycles. The number of hydrogen-bond donors (Lipinski definition) is 1. The van der Waals surface area contributed by atoms with E-state index >= 15 is 0 Å². The Bertz CT molecular complexity index is 202. The van der Waals surface area contributed by atoms with Gasteiger partial charge in [-0.05, 0) is 37.3 Å². The molecule has 17 heavy (non-hydrogen) atoms. The lowest BCUT2D eigenvalue weighted by atomic mass is 9.79. The van der Waals surface area contributed by atoms with Crippen molar-refractivity contribution in [1.29, 1.82) is 0 Å². The molecule has 1 aliphatic rings. The number of nitrogens with two attached hydrogens (primary N) is 1. The van der Waals surface area contributed by atoms with Crippen LogP contribution in [0.3, 0.4) is 0 Å². The molecular formula is C14H30N2O. The number of hydrogen-bond acceptors (Lipinski definition) is 3. The zero-order valence-electron chi connectivity index (χ0n) is 11.9. The molecule has 1 aliphatic heterocycles. The molecule has 1 saturated heterocycles. The van der Waals surface area contributed by atoms with Crippen molar-refractivity contribution < 1.29 is 4.74 Å². The first-order valence-corrected chi connectivity index (χ1v) is 7.16. The van der Waals surface area contributed by atoms with Crippen LogP contribution in [-0.2, 0) is 4.74 Å². The molecule has 0 aromatic rings. The minimum atomic E-state index is 0.307. The van der Waals surface area contributed by atoms with Crippen LogP contribution in [0.1, 0.15) is 40.0 Å². The van der Waals surface area contributed by atoms with Crippen LogP contribution in [0, 0.1) is 11.3 Å². The maximum atomic E-state index is 6.02. The van der Waals surface area contributed by atoms with Crippen molar-refractivity contribution in [3.05, 3.63) is 0 Å². The third-order valence-corrected chi connectivity index (χ3v) is 4.26. The third kappa shape index (κ3) is 4.57. The lowest BCUT2D eigenvalue weighted by molar-refractivity contribution is -0.00133.